The van der Waals surface area contributed by atoms with Gasteiger partial charge in [0.25, 0.3) is 5.91 Å². The van der Waals surface area contributed by atoms with Gasteiger partial charge in [-0.05, 0) is 24.6 Å². The van der Waals surface area contributed by atoms with Gasteiger partial charge in [-0.25, -0.2) is 0 Å². The van der Waals surface area contributed by atoms with Gasteiger partial charge < -0.3 is 4.90 Å². The SMILES string of the molecule is CCCCN(CCBr)C(=O)c1ccc(Br)cc1Cl. The summed E-state index contributed by atoms with van der Waals surface area (Å²) in [6, 6.07) is 5.36. The first-order valence-electron chi connectivity index (χ1n) is 5.90. The summed E-state index contributed by atoms with van der Waals surface area (Å²) >= 11 is 12.8. The van der Waals surface area contributed by atoms with Crippen molar-refractivity contribution >= 4 is 49.4 Å². The highest BCUT2D eigenvalue weighted by molar-refractivity contribution is 9.10. The van der Waals surface area contributed by atoms with Gasteiger partial charge in [-0.15, -0.1) is 0 Å². The van der Waals surface area contributed by atoms with E-state index in [4.69, 9.17) is 11.6 Å². The normalized spacial score (nSPS) is 10.4. The van der Waals surface area contributed by atoms with Gasteiger partial charge in [-0.2, -0.15) is 0 Å². The molecule has 0 saturated heterocycles. The predicted molar refractivity (Wildman–Crippen MR) is 83.8 cm³/mol. The summed E-state index contributed by atoms with van der Waals surface area (Å²) in [5.41, 5.74) is 0.567. The summed E-state index contributed by atoms with van der Waals surface area (Å²) in [6.45, 7) is 3.59. The highest BCUT2D eigenvalue weighted by atomic mass is 79.9. The summed E-state index contributed by atoms with van der Waals surface area (Å²) in [4.78, 5) is 14.2. The molecule has 1 amide bonds. The molecule has 0 N–H and O–H groups in total. The Bertz CT molecular complexity index is 412. The zero-order valence-electron chi connectivity index (χ0n) is 10.3. The number of carbonyl (C=O) groups is 1. The molecule has 0 spiro atoms. The van der Waals surface area contributed by atoms with E-state index in [9.17, 15) is 4.79 Å². The lowest BCUT2D eigenvalue weighted by Crippen LogP contribution is -2.33. The van der Waals surface area contributed by atoms with Crippen LogP contribution in [0.1, 0.15) is 30.1 Å². The van der Waals surface area contributed by atoms with Crippen LogP contribution in [0, 0.1) is 0 Å². The van der Waals surface area contributed by atoms with E-state index in [1.807, 2.05) is 11.0 Å². The fourth-order valence-corrected chi connectivity index (χ4v) is 2.78. The molecule has 0 fully saturated rings. The third-order valence-electron chi connectivity index (χ3n) is 2.58. The molecule has 1 aromatic rings. The number of carbonyl (C=O) groups excluding carboxylic acids is 1. The molecule has 0 radical (unpaired) electrons. The van der Waals surface area contributed by atoms with E-state index in [0.717, 1.165) is 29.2 Å². The van der Waals surface area contributed by atoms with Crippen LogP contribution < -0.4 is 0 Å². The Morgan fingerprint density at radius 2 is 2.11 bits per heavy atom. The second kappa shape index (κ2) is 8.18. The Kier molecular flexibility index (Phi) is 7.27. The number of hydrogen-bond donors (Lipinski definition) is 0. The molecule has 1 rings (SSSR count). The molecule has 0 aliphatic rings. The number of amides is 1. The van der Waals surface area contributed by atoms with Crippen molar-refractivity contribution in [2.24, 2.45) is 0 Å². The molecule has 0 aliphatic heterocycles. The number of halogens is 3. The van der Waals surface area contributed by atoms with Gasteiger partial charge in [0.15, 0.2) is 0 Å². The topological polar surface area (TPSA) is 20.3 Å². The first kappa shape index (κ1) is 16.0. The Balaban J connectivity index is 2.87. The molecular formula is C13H16Br2ClNO. The van der Waals surface area contributed by atoms with Crippen molar-refractivity contribution in [2.75, 3.05) is 18.4 Å². The smallest absolute Gasteiger partial charge is 0.255 e. The van der Waals surface area contributed by atoms with Crippen LogP contribution in [0.2, 0.25) is 5.02 Å². The minimum atomic E-state index is 0.000370. The Morgan fingerprint density at radius 1 is 1.39 bits per heavy atom. The molecule has 0 saturated carbocycles. The minimum Gasteiger partial charge on any atom is -0.338 e. The molecule has 0 aromatic heterocycles. The van der Waals surface area contributed by atoms with Crippen LogP contribution in [0.15, 0.2) is 22.7 Å². The zero-order chi connectivity index (χ0) is 13.5. The molecule has 0 atom stereocenters. The molecule has 5 heteroatoms. The molecular weight excluding hydrogens is 381 g/mol. The number of nitrogens with zero attached hydrogens (tertiary/aromatic N) is 1. The standard InChI is InChI=1S/C13H16Br2ClNO/c1-2-3-7-17(8-6-14)13(18)11-5-4-10(15)9-12(11)16/h4-5,9H,2-3,6-8H2,1H3. The first-order chi connectivity index (χ1) is 8.60. The molecule has 1 aromatic carbocycles. The molecule has 0 heterocycles. The van der Waals surface area contributed by atoms with Crippen molar-refractivity contribution in [1.82, 2.24) is 4.90 Å². The molecule has 100 valence electrons. The lowest BCUT2D eigenvalue weighted by atomic mass is 10.2. The van der Waals surface area contributed by atoms with Crippen LogP contribution in [0.5, 0.6) is 0 Å². The average molecular weight is 398 g/mol. The number of benzene rings is 1. The largest absolute Gasteiger partial charge is 0.338 e. The van der Waals surface area contributed by atoms with E-state index in [0.29, 0.717) is 17.1 Å². The summed E-state index contributed by atoms with van der Waals surface area (Å²) < 4.78 is 0.879. The molecule has 0 unspecified atom stereocenters. The number of unbranched alkanes of at least 4 members (excludes halogenated alkanes) is 1. The lowest BCUT2D eigenvalue weighted by molar-refractivity contribution is 0.0764. The fourth-order valence-electron chi connectivity index (χ4n) is 1.60. The second-order valence-electron chi connectivity index (χ2n) is 3.96. The van der Waals surface area contributed by atoms with Gasteiger partial charge in [0, 0.05) is 22.9 Å². The van der Waals surface area contributed by atoms with E-state index >= 15 is 0 Å². The van der Waals surface area contributed by atoms with E-state index in [1.54, 1.807) is 12.1 Å². The molecule has 18 heavy (non-hydrogen) atoms. The quantitative estimate of drug-likeness (QED) is 0.635. The zero-order valence-corrected chi connectivity index (χ0v) is 14.2. The molecule has 0 aliphatic carbocycles. The Morgan fingerprint density at radius 3 is 2.67 bits per heavy atom. The van der Waals surface area contributed by atoms with E-state index in [2.05, 4.69) is 38.8 Å². The van der Waals surface area contributed by atoms with Gasteiger partial charge in [-0.1, -0.05) is 56.8 Å². The highest BCUT2D eigenvalue weighted by Crippen LogP contribution is 2.22. The first-order valence-corrected chi connectivity index (χ1v) is 8.19. The average Bonchev–Trinajstić information content (AvgIpc) is 2.33. The van der Waals surface area contributed by atoms with Crippen LogP contribution in [0.4, 0.5) is 0 Å². The lowest BCUT2D eigenvalue weighted by Gasteiger charge is -2.22. The van der Waals surface area contributed by atoms with Gasteiger partial charge in [0.05, 0.1) is 10.6 Å². The summed E-state index contributed by atoms with van der Waals surface area (Å²) in [7, 11) is 0. The minimum absolute atomic E-state index is 0.000370. The molecule has 2 nitrogen and oxygen atoms in total. The van der Waals surface area contributed by atoms with Crippen LogP contribution in [-0.4, -0.2) is 29.2 Å². The van der Waals surface area contributed by atoms with Crippen molar-refractivity contribution in [3.05, 3.63) is 33.3 Å². The second-order valence-corrected chi connectivity index (χ2v) is 6.07. The maximum atomic E-state index is 12.4. The van der Waals surface area contributed by atoms with Crippen molar-refractivity contribution in [3.63, 3.8) is 0 Å². The number of hydrogen-bond acceptors (Lipinski definition) is 1. The van der Waals surface area contributed by atoms with Gasteiger partial charge in [0.2, 0.25) is 0 Å². The third-order valence-corrected chi connectivity index (χ3v) is 3.75. The number of rotatable bonds is 6. The summed E-state index contributed by atoms with van der Waals surface area (Å²) in [5.74, 6) is 0.000370. The van der Waals surface area contributed by atoms with Gasteiger partial charge in [0.1, 0.15) is 0 Å². The van der Waals surface area contributed by atoms with E-state index in [1.165, 1.54) is 0 Å². The molecule has 0 bridgehead atoms. The predicted octanol–water partition coefficient (Wildman–Crippen LogP) is 4.74. The Labute approximate surface area is 130 Å². The monoisotopic (exact) mass is 395 g/mol. The maximum absolute atomic E-state index is 12.4. The Hall–Kier alpha value is -0.0600. The van der Waals surface area contributed by atoms with Crippen LogP contribution >= 0.6 is 43.5 Å². The summed E-state index contributed by atoms with van der Waals surface area (Å²) in [5, 5.41) is 1.27. The van der Waals surface area contributed by atoms with Crippen molar-refractivity contribution in [3.8, 4) is 0 Å². The van der Waals surface area contributed by atoms with Crippen LogP contribution in [0.3, 0.4) is 0 Å². The third kappa shape index (κ3) is 4.56. The highest BCUT2D eigenvalue weighted by Gasteiger charge is 2.17. The van der Waals surface area contributed by atoms with Crippen LogP contribution in [0.25, 0.3) is 0 Å². The van der Waals surface area contributed by atoms with Crippen molar-refractivity contribution < 1.29 is 4.79 Å². The van der Waals surface area contributed by atoms with E-state index < -0.39 is 0 Å². The summed E-state index contributed by atoms with van der Waals surface area (Å²) in [6.07, 6.45) is 2.08. The van der Waals surface area contributed by atoms with Crippen LogP contribution in [-0.2, 0) is 0 Å². The fraction of sp³-hybridized carbons (Fsp3) is 0.462. The maximum Gasteiger partial charge on any atom is 0.255 e. The van der Waals surface area contributed by atoms with Crippen molar-refractivity contribution in [1.29, 1.82) is 0 Å². The van der Waals surface area contributed by atoms with Gasteiger partial charge in [-0.3, -0.25) is 4.79 Å². The van der Waals surface area contributed by atoms with Crippen molar-refractivity contribution in [2.45, 2.75) is 19.8 Å². The number of alkyl halides is 1. The van der Waals surface area contributed by atoms with E-state index in [-0.39, 0.29) is 5.91 Å². The van der Waals surface area contributed by atoms with Gasteiger partial charge >= 0.3 is 0 Å².